The van der Waals surface area contributed by atoms with E-state index in [0.717, 1.165) is 10.8 Å². The molecule has 15 heavy (non-hydrogen) atoms. The van der Waals surface area contributed by atoms with Gasteiger partial charge in [-0.2, -0.15) is 8.78 Å². The van der Waals surface area contributed by atoms with Crippen molar-refractivity contribution in [3.63, 3.8) is 0 Å². The molecule has 2 rings (SSSR count). The molecule has 0 saturated heterocycles. The summed E-state index contributed by atoms with van der Waals surface area (Å²) in [6.07, 6.45) is -0.213. The van der Waals surface area contributed by atoms with Crippen LogP contribution in [0.1, 0.15) is 5.56 Å². The van der Waals surface area contributed by atoms with Crippen LogP contribution in [0.25, 0.3) is 10.8 Å². The lowest BCUT2D eigenvalue weighted by Gasteiger charge is -2.10. The van der Waals surface area contributed by atoms with Crippen molar-refractivity contribution in [3.8, 4) is 0 Å². The zero-order valence-corrected chi connectivity index (χ0v) is 10.0. The lowest BCUT2D eigenvalue weighted by atomic mass is 10.0. The minimum absolute atomic E-state index is 0.213. The number of benzene rings is 2. The van der Waals surface area contributed by atoms with Gasteiger partial charge in [0.25, 0.3) is 0 Å². The van der Waals surface area contributed by atoms with Crippen molar-refractivity contribution >= 4 is 33.4 Å². The van der Waals surface area contributed by atoms with E-state index in [1.165, 1.54) is 22.6 Å². The van der Waals surface area contributed by atoms with E-state index in [1.807, 2.05) is 36.4 Å². The summed E-state index contributed by atoms with van der Waals surface area (Å²) in [6.45, 7) is 0. The van der Waals surface area contributed by atoms with Crippen LogP contribution in [-0.2, 0) is 6.42 Å². The molecule has 2 aromatic carbocycles. The van der Waals surface area contributed by atoms with Gasteiger partial charge in [0.1, 0.15) is 0 Å². The average molecular weight is 318 g/mol. The Kier molecular flexibility index (Phi) is 2.91. The first-order chi connectivity index (χ1) is 7.06. The number of halogens is 3. The zero-order valence-electron chi connectivity index (χ0n) is 7.88. The molecule has 0 nitrogen and oxygen atoms in total. The number of alkyl halides is 3. The molecule has 78 valence electrons. The van der Waals surface area contributed by atoms with Crippen LogP contribution in [0.3, 0.4) is 0 Å². The van der Waals surface area contributed by atoms with Crippen LogP contribution >= 0.6 is 22.6 Å². The minimum atomic E-state index is -2.68. The molecule has 0 amide bonds. The molecule has 0 radical (unpaired) electrons. The fraction of sp³-hybridized carbons (Fsp3) is 0.167. The van der Waals surface area contributed by atoms with Gasteiger partial charge in [0.2, 0.25) is 0 Å². The van der Waals surface area contributed by atoms with Crippen molar-refractivity contribution in [2.75, 3.05) is 0 Å². The van der Waals surface area contributed by atoms with Gasteiger partial charge in [-0.05, 0) is 38.9 Å². The number of rotatable bonds is 2. The molecule has 0 unspecified atom stereocenters. The van der Waals surface area contributed by atoms with Gasteiger partial charge in [0, 0.05) is 6.42 Å². The summed E-state index contributed by atoms with van der Waals surface area (Å²) in [7, 11) is 0. The summed E-state index contributed by atoms with van der Waals surface area (Å²) >= 11 is 1.18. The van der Waals surface area contributed by atoms with Crippen molar-refractivity contribution < 1.29 is 8.78 Å². The van der Waals surface area contributed by atoms with Crippen molar-refractivity contribution in [1.29, 1.82) is 0 Å². The summed E-state index contributed by atoms with van der Waals surface area (Å²) in [5, 5.41) is 1.92. The van der Waals surface area contributed by atoms with Gasteiger partial charge in [0.15, 0.2) is 0 Å². The van der Waals surface area contributed by atoms with Crippen molar-refractivity contribution in [2.24, 2.45) is 0 Å². The van der Waals surface area contributed by atoms with Crippen LogP contribution in [0.4, 0.5) is 8.78 Å². The molecule has 0 aliphatic carbocycles. The number of hydrogen-bond donors (Lipinski definition) is 0. The monoisotopic (exact) mass is 318 g/mol. The van der Waals surface area contributed by atoms with E-state index in [-0.39, 0.29) is 6.42 Å². The van der Waals surface area contributed by atoms with Gasteiger partial charge in [-0.15, -0.1) is 0 Å². The second-order valence-corrected chi connectivity index (χ2v) is 5.01. The van der Waals surface area contributed by atoms with E-state index < -0.39 is 3.93 Å². The lowest BCUT2D eigenvalue weighted by molar-refractivity contribution is 0.128. The molecule has 0 aliphatic rings. The first-order valence-corrected chi connectivity index (χ1v) is 5.67. The second kappa shape index (κ2) is 4.04. The Balaban J connectivity index is 2.52. The molecule has 0 atom stereocenters. The van der Waals surface area contributed by atoms with E-state index >= 15 is 0 Å². The van der Waals surface area contributed by atoms with Crippen molar-refractivity contribution in [2.45, 2.75) is 10.4 Å². The highest BCUT2D eigenvalue weighted by Crippen LogP contribution is 2.30. The molecule has 0 fully saturated rings. The van der Waals surface area contributed by atoms with Crippen LogP contribution < -0.4 is 0 Å². The Morgan fingerprint density at radius 1 is 1.00 bits per heavy atom. The first-order valence-electron chi connectivity index (χ1n) is 4.60. The van der Waals surface area contributed by atoms with Crippen LogP contribution in [0.15, 0.2) is 42.5 Å². The van der Waals surface area contributed by atoms with E-state index in [0.29, 0.717) is 5.56 Å². The molecule has 2 aromatic rings. The molecule has 0 bridgehead atoms. The minimum Gasteiger partial charge on any atom is -0.195 e. The van der Waals surface area contributed by atoms with E-state index in [2.05, 4.69) is 0 Å². The summed E-state index contributed by atoms with van der Waals surface area (Å²) in [6, 6.07) is 13.1. The highest BCUT2D eigenvalue weighted by Gasteiger charge is 2.24. The highest BCUT2D eigenvalue weighted by molar-refractivity contribution is 14.1. The molecule has 0 saturated carbocycles. The maximum Gasteiger partial charge on any atom is 0.300 e. The zero-order chi connectivity index (χ0) is 10.9. The Labute approximate surface area is 100 Å². The molecule has 0 N–H and O–H groups in total. The molecule has 0 heterocycles. The van der Waals surface area contributed by atoms with Gasteiger partial charge in [-0.25, -0.2) is 0 Å². The lowest BCUT2D eigenvalue weighted by Crippen LogP contribution is -2.09. The van der Waals surface area contributed by atoms with Crippen molar-refractivity contribution in [3.05, 3.63) is 48.0 Å². The summed E-state index contributed by atoms with van der Waals surface area (Å²) < 4.78 is 23.2. The van der Waals surface area contributed by atoms with Crippen LogP contribution in [0, 0.1) is 0 Å². The maximum absolute atomic E-state index is 12.9. The van der Waals surface area contributed by atoms with Crippen LogP contribution in [0.5, 0.6) is 0 Å². The molecule has 0 aromatic heterocycles. The third-order valence-electron chi connectivity index (χ3n) is 2.27. The fourth-order valence-corrected chi connectivity index (χ4v) is 2.07. The third kappa shape index (κ3) is 2.65. The van der Waals surface area contributed by atoms with Crippen LogP contribution in [-0.4, -0.2) is 3.93 Å². The Morgan fingerprint density at radius 3 is 2.40 bits per heavy atom. The predicted octanol–water partition coefficient (Wildman–Crippen LogP) is 4.41. The summed E-state index contributed by atoms with van der Waals surface area (Å²) in [4.78, 5) is 0. The first kappa shape index (κ1) is 10.8. The number of hydrogen-bond acceptors (Lipinski definition) is 0. The normalized spacial score (nSPS) is 11.9. The fourth-order valence-electron chi connectivity index (χ4n) is 1.66. The highest BCUT2D eigenvalue weighted by atomic mass is 127. The Hall–Kier alpha value is -0.710. The van der Waals surface area contributed by atoms with Gasteiger partial charge in [-0.1, -0.05) is 42.5 Å². The SMILES string of the molecule is FC(F)(I)Cc1cccc2ccccc12. The van der Waals surface area contributed by atoms with E-state index in [9.17, 15) is 8.78 Å². The average Bonchev–Trinajstić information content (AvgIpc) is 2.16. The Bertz CT molecular complexity index is 469. The molecular formula is C12H9F2I. The predicted molar refractivity (Wildman–Crippen MR) is 66.6 cm³/mol. The van der Waals surface area contributed by atoms with Gasteiger partial charge in [-0.3, -0.25) is 0 Å². The molecule has 0 spiro atoms. The standard InChI is InChI=1S/C12H9F2I/c13-12(14,15)8-10-6-3-5-9-4-1-2-7-11(9)10/h1-7H,8H2. The molecule has 0 aliphatic heterocycles. The Morgan fingerprint density at radius 2 is 1.67 bits per heavy atom. The quantitative estimate of drug-likeness (QED) is 0.568. The molecule has 3 heteroatoms. The van der Waals surface area contributed by atoms with Crippen molar-refractivity contribution in [1.82, 2.24) is 0 Å². The summed E-state index contributed by atoms with van der Waals surface area (Å²) in [5.41, 5.74) is 0.701. The van der Waals surface area contributed by atoms with Gasteiger partial charge >= 0.3 is 3.93 Å². The molecular weight excluding hydrogens is 309 g/mol. The maximum atomic E-state index is 12.9. The van der Waals surface area contributed by atoms with Gasteiger partial charge < -0.3 is 0 Å². The third-order valence-corrected chi connectivity index (χ3v) is 2.65. The largest absolute Gasteiger partial charge is 0.300 e. The van der Waals surface area contributed by atoms with Gasteiger partial charge in [0.05, 0.1) is 0 Å². The topological polar surface area (TPSA) is 0 Å². The van der Waals surface area contributed by atoms with Crippen LogP contribution in [0.2, 0.25) is 0 Å². The van der Waals surface area contributed by atoms with E-state index in [4.69, 9.17) is 0 Å². The van der Waals surface area contributed by atoms with E-state index in [1.54, 1.807) is 6.07 Å². The summed E-state index contributed by atoms with van der Waals surface area (Å²) in [5.74, 6) is 0. The smallest absolute Gasteiger partial charge is 0.195 e. The number of fused-ring (bicyclic) bond motifs is 1. The second-order valence-electron chi connectivity index (χ2n) is 3.43.